The number of fused-ring (bicyclic) bond motifs is 1. The minimum atomic E-state index is 0.0609. The Bertz CT molecular complexity index is 490. The van der Waals surface area contributed by atoms with E-state index in [0.717, 1.165) is 0 Å². The molecule has 0 saturated heterocycles. The van der Waals surface area contributed by atoms with E-state index >= 15 is 0 Å². The maximum Gasteiger partial charge on any atom is 0.381 e. The molecule has 2 rings (SSSR count). The number of benzene rings is 1. The minimum Gasteiger partial charge on any atom is -0.594 e. The maximum absolute atomic E-state index is 11.5. The molecule has 0 saturated carbocycles. The Labute approximate surface area is 92.0 Å². The highest BCUT2D eigenvalue weighted by atomic mass is 16.5. The van der Waals surface area contributed by atoms with Gasteiger partial charge in [-0.1, -0.05) is 12.1 Å². The average molecular weight is 221 g/mol. The van der Waals surface area contributed by atoms with Crippen molar-refractivity contribution in [3.8, 4) is 6.01 Å². The van der Waals surface area contributed by atoms with Crippen LogP contribution in [0.3, 0.4) is 0 Å². The summed E-state index contributed by atoms with van der Waals surface area (Å²) in [5.41, 5.74) is 0.974. The molecule has 0 unspecified atom stereocenters. The van der Waals surface area contributed by atoms with E-state index in [-0.39, 0.29) is 6.01 Å². The lowest BCUT2D eigenvalue weighted by atomic mass is 10.3. The molecule has 0 N–H and O–H groups in total. The lowest BCUT2D eigenvalue weighted by Gasteiger charge is -2.03. The highest BCUT2D eigenvalue weighted by Gasteiger charge is 2.10. The number of hydrogen-bond donors (Lipinski definition) is 0. The number of methoxy groups -OCH3 is 1. The highest BCUT2D eigenvalue weighted by Crippen LogP contribution is 2.08. The molecule has 6 heteroatoms. The number of nitrogens with zero attached hydrogens (tertiary/aromatic N) is 3. The Kier molecular flexibility index (Phi) is 3.11. The molecule has 1 aromatic carbocycles. The van der Waals surface area contributed by atoms with E-state index in [4.69, 9.17) is 9.47 Å². The van der Waals surface area contributed by atoms with Gasteiger partial charge in [-0.05, 0) is 10.9 Å². The number of rotatable bonds is 4. The quantitative estimate of drug-likeness (QED) is 0.421. The van der Waals surface area contributed by atoms with Crippen LogP contribution >= 0.6 is 0 Å². The summed E-state index contributed by atoms with van der Waals surface area (Å²) >= 11 is 0. The Morgan fingerprint density at radius 3 is 2.94 bits per heavy atom. The summed E-state index contributed by atoms with van der Waals surface area (Å²) in [5.74, 6) is 0. The van der Waals surface area contributed by atoms with Gasteiger partial charge in [0, 0.05) is 13.2 Å². The van der Waals surface area contributed by atoms with Gasteiger partial charge < -0.3 is 14.7 Å². The smallest absolute Gasteiger partial charge is 0.381 e. The zero-order valence-corrected chi connectivity index (χ0v) is 8.79. The molecule has 16 heavy (non-hydrogen) atoms. The van der Waals surface area contributed by atoms with Crippen LogP contribution in [0.25, 0.3) is 11.0 Å². The van der Waals surface area contributed by atoms with Crippen molar-refractivity contribution < 1.29 is 14.3 Å². The number of aromatic nitrogens is 3. The third-order valence-electron chi connectivity index (χ3n) is 2.00. The van der Waals surface area contributed by atoms with Crippen LogP contribution in [0.1, 0.15) is 0 Å². The van der Waals surface area contributed by atoms with Gasteiger partial charge in [-0.15, -0.1) is 0 Å². The molecule has 2 aromatic rings. The van der Waals surface area contributed by atoms with E-state index in [1.54, 1.807) is 31.4 Å². The summed E-state index contributed by atoms with van der Waals surface area (Å²) in [6.45, 7) is 0.740. The van der Waals surface area contributed by atoms with E-state index < -0.39 is 0 Å². The number of ether oxygens (including phenoxy) is 2. The fourth-order valence-corrected chi connectivity index (χ4v) is 1.25. The van der Waals surface area contributed by atoms with Gasteiger partial charge >= 0.3 is 6.01 Å². The van der Waals surface area contributed by atoms with E-state index in [2.05, 4.69) is 10.1 Å². The summed E-state index contributed by atoms with van der Waals surface area (Å²) in [4.78, 5) is 4.60. The van der Waals surface area contributed by atoms with E-state index in [1.165, 1.54) is 0 Å². The molecule has 0 spiro atoms. The van der Waals surface area contributed by atoms with Gasteiger partial charge in [0.25, 0.3) is 5.52 Å². The van der Waals surface area contributed by atoms with Crippen LogP contribution in [0.15, 0.2) is 24.3 Å². The second-order valence-corrected chi connectivity index (χ2v) is 3.10. The SMILES string of the molecule is COCCOc1nc2ccccc2[n+]([O-])n1. The van der Waals surface area contributed by atoms with Gasteiger partial charge in [-0.25, -0.2) is 0 Å². The summed E-state index contributed by atoms with van der Waals surface area (Å²) in [7, 11) is 1.57. The Hall–Kier alpha value is -1.95. The van der Waals surface area contributed by atoms with Crippen molar-refractivity contribution in [2.45, 2.75) is 0 Å². The van der Waals surface area contributed by atoms with Crippen molar-refractivity contribution in [2.75, 3.05) is 20.3 Å². The largest absolute Gasteiger partial charge is 0.594 e. The molecule has 6 nitrogen and oxygen atoms in total. The molecule has 0 fully saturated rings. The Morgan fingerprint density at radius 2 is 2.12 bits per heavy atom. The van der Waals surface area contributed by atoms with Crippen molar-refractivity contribution in [2.24, 2.45) is 0 Å². The van der Waals surface area contributed by atoms with Crippen LogP contribution in [0, 0.1) is 5.21 Å². The second-order valence-electron chi connectivity index (χ2n) is 3.10. The molecule has 0 aliphatic rings. The van der Waals surface area contributed by atoms with Crippen molar-refractivity contribution in [1.29, 1.82) is 0 Å². The molecular weight excluding hydrogens is 210 g/mol. The third-order valence-corrected chi connectivity index (χ3v) is 2.00. The molecule has 1 heterocycles. The van der Waals surface area contributed by atoms with Crippen molar-refractivity contribution in [3.63, 3.8) is 0 Å². The van der Waals surface area contributed by atoms with Crippen LogP contribution in [0.5, 0.6) is 6.01 Å². The Morgan fingerprint density at radius 1 is 1.31 bits per heavy atom. The monoisotopic (exact) mass is 221 g/mol. The van der Waals surface area contributed by atoms with Gasteiger partial charge in [-0.2, -0.15) is 4.98 Å². The molecule has 0 amide bonds. The topological polar surface area (TPSA) is 71.2 Å². The molecule has 0 bridgehead atoms. The maximum atomic E-state index is 11.5. The third kappa shape index (κ3) is 2.17. The first-order valence-corrected chi connectivity index (χ1v) is 4.79. The van der Waals surface area contributed by atoms with Gasteiger partial charge in [-0.3, -0.25) is 0 Å². The van der Waals surface area contributed by atoms with E-state index in [0.29, 0.717) is 29.1 Å². The van der Waals surface area contributed by atoms with Crippen LogP contribution in [0.4, 0.5) is 0 Å². The minimum absolute atomic E-state index is 0.0609. The predicted octanol–water partition coefficient (Wildman–Crippen LogP) is 0.288. The van der Waals surface area contributed by atoms with Crippen molar-refractivity contribution >= 4 is 11.0 Å². The zero-order valence-electron chi connectivity index (χ0n) is 8.79. The summed E-state index contributed by atoms with van der Waals surface area (Å²) in [6.07, 6.45) is 0. The van der Waals surface area contributed by atoms with Crippen LogP contribution in [-0.4, -0.2) is 30.4 Å². The second kappa shape index (κ2) is 4.71. The van der Waals surface area contributed by atoms with Crippen molar-refractivity contribution in [1.82, 2.24) is 10.1 Å². The van der Waals surface area contributed by atoms with Gasteiger partial charge in [0.2, 0.25) is 0 Å². The normalized spacial score (nSPS) is 10.6. The summed E-state index contributed by atoms with van der Waals surface area (Å²) < 4.78 is 9.98. The molecule has 1 aromatic heterocycles. The lowest BCUT2D eigenvalue weighted by molar-refractivity contribution is -0.643. The molecule has 0 atom stereocenters. The van der Waals surface area contributed by atoms with Crippen LogP contribution in [-0.2, 0) is 4.74 Å². The van der Waals surface area contributed by atoms with E-state index in [1.807, 2.05) is 0 Å². The van der Waals surface area contributed by atoms with E-state index in [9.17, 15) is 5.21 Å². The Balaban J connectivity index is 2.27. The molecule has 0 aliphatic carbocycles. The predicted molar refractivity (Wildman–Crippen MR) is 55.9 cm³/mol. The first-order chi connectivity index (χ1) is 7.81. The number of para-hydroxylation sites is 2. The van der Waals surface area contributed by atoms with Gasteiger partial charge in [0.05, 0.1) is 11.7 Å². The number of hydrogen-bond acceptors (Lipinski definition) is 5. The summed E-state index contributed by atoms with van der Waals surface area (Å²) in [6, 6.07) is 7.00. The van der Waals surface area contributed by atoms with Crippen molar-refractivity contribution in [3.05, 3.63) is 29.5 Å². The average Bonchev–Trinajstić information content (AvgIpc) is 2.30. The van der Waals surface area contributed by atoms with Gasteiger partial charge in [0.1, 0.15) is 12.1 Å². The fraction of sp³-hybridized carbons (Fsp3) is 0.300. The van der Waals surface area contributed by atoms with Gasteiger partial charge in [0.15, 0.2) is 0 Å². The zero-order chi connectivity index (χ0) is 11.4. The summed E-state index contributed by atoms with van der Waals surface area (Å²) in [5, 5.41) is 15.1. The molecule has 0 radical (unpaired) electrons. The first-order valence-electron chi connectivity index (χ1n) is 4.79. The highest BCUT2D eigenvalue weighted by molar-refractivity contribution is 5.70. The first kappa shape index (κ1) is 10.6. The van der Waals surface area contributed by atoms with Crippen LogP contribution < -0.4 is 9.58 Å². The van der Waals surface area contributed by atoms with Crippen LogP contribution in [0.2, 0.25) is 0 Å². The molecular formula is C10H11N3O3. The standard InChI is InChI=1S/C10H11N3O3/c1-15-6-7-16-10-11-8-4-2-3-5-9(8)13(14)12-10/h2-5H,6-7H2,1H3. The molecule has 84 valence electrons. The fourth-order valence-electron chi connectivity index (χ4n) is 1.25. The lowest BCUT2D eigenvalue weighted by Crippen LogP contribution is -2.33. The molecule has 0 aliphatic heterocycles.